The Balaban J connectivity index is 2.28. The van der Waals surface area contributed by atoms with Gasteiger partial charge in [-0.1, -0.05) is 64.1 Å². The molecule has 0 spiro atoms. The highest BCUT2D eigenvalue weighted by atomic mass is 79.9. The van der Waals surface area contributed by atoms with Crippen molar-refractivity contribution in [2.45, 2.75) is 14.0 Å². The molecule has 0 aromatic heterocycles. The fraction of sp³-hybridized carbons (Fsp3) is 0.0769. The van der Waals surface area contributed by atoms with Gasteiger partial charge >= 0.3 is 0 Å². The van der Waals surface area contributed by atoms with Crippen molar-refractivity contribution in [2.24, 2.45) is 0 Å². The zero-order valence-electron chi connectivity index (χ0n) is 8.91. The predicted octanol–water partition coefficient (Wildman–Crippen LogP) is 3.38. The Labute approximate surface area is 109 Å². The van der Waals surface area contributed by atoms with Gasteiger partial charge in [0, 0.05) is 14.0 Å². The molecule has 1 heterocycles. The summed E-state index contributed by atoms with van der Waals surface area (Å²) in [6.07, 6.45) is 0. The van der Waals surface area contributed by atoms with Crippen molar-refractivity contribution in [1.82, 2.24) is 0 Å². The lowest BCUT2D eigenvalue weighted by molar-refractivity contribution is 0.970. The monoisotopic (exact) mass is 288 g/mol. The van der Waals surface area contributed by atoms with Crippen LogP contribution in [0, 0.1) is 0 Å². The van der Waals surface area contributed by atoms with Crippen molar-refractivity contribution in [2.75, 3.05) is 0 Å². The SMILES string of the molecule is BC1(Br)c2ccccc2Sc2ccccc21. The molecule has 0 nitrogen and oxygen atoms in total. The third-order valence-corrected chi connectivity index (χ3v) is 5.01. The van der Waals surface area contributed by atoms with Crippen molar-refractivity contribution in [1.29, 1.82) is 0 Å². The third-order valence-electron chi connectivity index (χ3n) is 3.01. The van der Waals surface area contributed by atoms with Crippen molar-refractivity contribution in [3.8, 4) is 0 Å². The fourth-order valence-corrected chi connectivity index (χ4v) is 4.40. The van der Waals surface area contributed by atoms with Crippen LogP contribution >= 0.6 is 27.7 Å². The maximum atomic E-state index is 3.88. The summed E-state index contributed by atoms with van der Waals surface area (Å²) < 4.78 is -0.0641. The molecular weight excluding hydrogens is 279 g/mol. The second-order valence-corrected chi connectivity index (χ2v) is 6.77. The molecule has 0 aliphatic carbocycles. The quantitative estimate of drug-likeness (QED) is 0.529. The Bertz CT molecular complexity index is 504. The van der Waals surface area contributed by atoms with Gasteiger partial charge in [-0.05, 0) is 23.3 Å². The Morgan fingerprint density at radius 3 is 1.81 bits per heavy atom. The Kier molecular flexibility index (Phi) is 2.41. The van der Waals surface area contributed by atoms with Gasteiger partial charge in [-0.2, -0.15) is 0 Å². The van der Waals surface area contributed by atoms with Crippen LogP contribution in [0.5, 0.6) is 0 Å². The largest absolute Gasteiger partial charge is 0.135 e. The van der Waals surface area contributed by atoms with Gasteiger partial charge < -0.3 is 0 Å². The number of halogens is 1. The van der Waals surface area contributed by atoms with E-state index in [1.54, 1.807) is 0 Å². The summed E-state index contributed by atoms with van der Waals surface area (Å²) >= 11 is 5.73. The maximum absolute atomic E-state index is 3.88. The van der Waals surface area contributed by atoms with Crippen LogP contribution in [0.2, 0.25) is 0 Å². The second-order valence-electron chi connectivity index (χ2n) is 4.10. The molecule has 3 rings (SSSR count). The lowest BCUT2D eigenvalue weighted by Crippen LogP contribution is -2.24. The normalized spacial score (nSPS) is 16.3. The molecular formula is C13H10BBrS. The van der Waals surface area contributed by atoms with E-state index in [4.69, 9.17) is 0 Å². The Morgan fingerprint density at radius 2 is 1.31 bits per heavy atom. The number of rotatable bonds is 0. The van der Waals surface area contributed by atoms with E-state index in [1.165, 1.54) is 20.9 Å². The molecule has 0 saturated heterocycles. The average Bonchev–Trinajstić information content (AvgIpc) is 2.29. The van der Waals surface area contributed by atoms with Crippen LogP contribution in [0.15, 0.2) is 58.3 Å². The van der Waals surface area contributed by atoms with E-state index in [9.17, 15) is 0 Å². The van der Waals surface area contributed by atoms with E-state index in [0.717, 1.165) is 0 Å². The number of fused-ring (bicyclic) bond motifs is 2. The molecule has 0 bridgehead atoms. The first-order valence-electron chi connectivity index (χ1n) is 5.25. The highest BCUT2D eigenvalue weighted by molar-refractivity contribution is 9.10. The molecule has 0 unspecified atom stereocenters. The van der Waals surface area contributed by atoms with E-state index in [0.29, 0.717) is 0 Å². The van der Waals surface area contributed by atoms with Crippen molar-refractivity contribution in [3.05, 3.63) is 59.7 Å². The van der Waals surface area contributed by atoms with Gasteiger partial charge in [-0.15, -0.1) is 0 Å². The fourth-order valence-electron chi connectivity index (χ4n) is 2.15. The minimum Gasteiger partial charge on any atom is -0.0895 e. The Morgan fingerprint density at radius 1 is 0.875 bits per heavy atom. The molecule has 0 N–H and O–H groups in total. The first-order chi connectivity index (χ1) is 7.69. The summed E-state index contributed by atoms with van der Waals surface area (Å²) in [5.41, 5.74) is 2.72. The number of benzene rings is 2. The molecule has 0 fully saturated rings. The number of hydrogen-bond donors (Lipinski definition) is 0. The minimum atomic E-state index is -0.0641. The van der Waals surface area contributed by atoms with Gasteiger partial charge in [-0.25, -0.2) is 0 Å². The summed E-state index contributed by atoms with van der Waals surface area (Å²) in [7, 11) is 2.23. The summed E-state index contributed by atoms with van der Waals surface area (Å²) in [6.45, 7) is 0. The van der Waals surface area contributed by atoms with Gasteiger partial charge in [0.2, 0.25) is 0 Å². The van der Waals surface area contributed by atoms with Gasteiger partial charge in [0.25, 0.3) is 0 Å². The number of hydrogen-bond acceptors (Lipinski definition) is 1. The summed E-state index contributed by atoms with van der Waals surface area (Å²) in [5.74, 6) is 0. The molecule has 2 aromatic rings. The zero-order valence-corrected chi connectivity index (χ0v) is 11.3. The van der Waals surface area contributed by atoms with E-state index in [1.807, 2.05) is 11.8 Å². The molecule has 0 atom stereocenters. The van der Waals surface area contributed by atoms with Gasteiger partial charge in [0.1, 0.15) is 7.85 Å². The Hall–Kier alpha value is -0.665. The molecule has 1 aliphatic rings. The van der Waals surface area contributed by atoms with Crippen molar-refractivity contribution < 1.29 is 0 Å². The van der Waals surface area contributed by atoms with E-state index in [2.05, 4.69) is 72.3 Å². The second kappa shape index (κ2) is 3.68. The van der Waals surface area contributed by atoms with Crippen LogP contribution < -0.4 is 0 Å². The predicted molar refractivity (Wildman–Crippen MR) is 75.3 cm³/mol. The zero-order chi connectivity index (χ0) is 11.2. The summed E-state index contributed by atoms with van der Waals surface area (Å²) in [4.78, 5) is 2.70. The van der Waals surface area contributed by atoms with Crippen LogP contribution in [-0.2, 0) is 4.22 Å². The van der Waals surface area contributed by atoms with Gasteiger partial charge in [0.05, 0.1) is 0 Å². The first kappa shape index (κ1) is 10.5. The lowest BCUT2D eigenvalue weighted by Gasteiger charge is -2.32. The van der Waals surface area contributed by atoms with E-state index in [-0.39, 0.29) is 4.22 Å². The topological polar surface area (TPSA) is 0 Å². The molecule has 0 saturated carbocycles. The lowest BCUT2D eigenvalue weighted by atomic mass is 9.75. The first-order valence-corrected chi connectivity index (χ1v) is 6.86. The molecule has 78 valence electrons. The standard InChI is InChI=1S/C13H10BBrS/c14-13(15)9-5-1-3-7-11(9)16-12-8-4-2-6-10(12)13/h1-8H,14H2. The molecule has 2 aromatic carbocycles. The number of alkyl halides is 1. The molecule has 0 amide bonds. The smallest absolute Gasteiger partial charge is 0.0895 e. The summed E-state index contributed by atoms with van der Waals surface area (Å²) in [5, 5.41) is 0. The van der Waals surface area contributed by atoms with E-state index >= 15 is 0 Å². The average molecular weight is 289 g/mol. The summed E-state index contributed by atoms with van der Waals surface area (Å²) in [6, 6.07) is 17.2. The van der Waals surface area contributed by atoms with Gasteiger partial charge in [-0.3, -0.25) is 0 Å². The van der Waals surface area contributed by atoms with Gasteiger partial charge in [0.15, 0.2) is 0 Å². The van der Waals surface area contributed by atoms with Crippen LogP contribution in [-0.4, -0.2) is 7.85 Å². The minimum absolute atomic E-state index is 0.0641. The maximum Gasteiger partial charge on any atom is 0.135 e. The molecule has 0 radical (unpaired) electrons. The van der Waals surface area contributed by atoms with Crippen LogP contribution in [0.1, 0.15) is 11.1 Å². The van der Waals surface area contributed by atoms with Crippen LogP contribution in [0.3, 0.4) is 0 Å². The van der Waals surface area contributed by atoms with Crippen molar-refractivity contribution >= 4 is 35.5 Å². The molecule has 1 aliphatic heterocycles. The van der Waals surface area contributed by atoms with Crippen LogP contribution in [0.4, 0.5) is 0 Å². The van der Waals surface area contributed by atoms with Crippen LogP contribution in [0.25, 0.3) is 0 Å². The third kappa shape index (κ3) is 1.46. The molecule has 3 heteroatoms. The van der Waals surface area contributed by atoms with Crippen molar-refractivity contribution in [3.63, 3.8) is 0 Å². The molecule has 16 heavy (non-hydrogen) atoms. The highest BCUT2D eigenvalue weighted by Gasteiger charge is 2.33. The van der Waals surface area contributed by atoms with E-state index < -0.39 is 0 Å². The highest BCUT2D eigenvalue weighted by Crippen LogP contribution is 2.50.